The monoisotopic (exact) mass is 288 g/mol. The summed E-state index contributed by atoms with van der Waals surface area (Å²) in [6.07, 6.45) is 16.2. The summed E-state index contributed by atoms with van der Waals surface area (Å²) in [6.45, 7) is 0. The van der Waals surface area contributed by atoms with E-state index in [2.05, 4.69) is 72.1 Å². The Morgan fingerprint density at radius 1 is 0.952 bits per heavy atom. The van der Waals surface area contributed by atoms with E-state index in [0.717, 1.165) is 0 Å². The molecule has 0 saturated heterocycles. The van der Waals surface area contributed by atoms with Crippen molar-refractivity contribution in [2.45, 2.75) is 18.8 Å². The standard InChI is InChI=1S/C20H16S/c1-3-7-15-13(5-1)10-12-18-19(15)17-11-9-14-6-2-4-8-16(14)20(17)21-18/h1-9,11,14,16H,10,12H2. The first-order valence-electron chi connectivity index (χ1n) is 7.69. The first-order valence-corrected chi connectivity index (χ1v) is 8.50. The third-order valence-corrected chi connectivity index (χ3v) is 6.29. The molecule has 0 fully saturated rings. The van der Waals surface area contributed by atoms with E-state index in [4.69, 9.17) is 0 Å². The van der Waals surface area contributed by atoms with Crippen LogP contribution in [0, 0.1) is 5.92 Å². The predicted octanol–water partition coefficient (Wildman–Crippen LogP) is 5.37. The number of fused-ring (bicyclic) bond motifs is 7. The smallest absolute Gasteiger partial charge is 0.0219 e. The molecule has 0 spiro atoms. The van der Waals surface area contributed by atoms with Gasteiger partial charge in [-0.15, -0.1) is 11.3 Å². The summed E-state index contributed by atoms with van der Waals surface area (Å²) in [5, 5.41) is 0. The largest absolute Gasteiger partial charge is 0.143 e. The van der Waals surface area contributed by atoms with E-state index in [1.807, 2.05) is 0 Å². The fourth-order valence-corrected chi connectivity index (χ4v) is 5.35. The molecule has 1 heterocycles. The summed E-state index contributed by atoms with van der Waals surface area (Å²) in [6, 6.07) is 8.94. The third kappa shape index (κ3) is 1.61. The minimum absolute atomic E-state index is 0.553. The predicted molar refractivity (Wildman–Crippen MR) is 90.7 cm³/mol. The maximum absolute atomic E-state index is 2.39. The molecule has 0 aliphatic heterocycles. The van der Waals surface area contributed by atoms with Crippen LogP contribution in [0.25, 0.3) is 17.2 Å². The van der Waals surface area contributed by atoms with Gasteiger partial charge < -0.3 is 0 Å². The molecule has 102 valence electrons. The Morgan fingerprint density at radius 2 is 1.86 bits per heavy atom. The van der Waals surface area contributed by atoms with Crippen molar-refractivity contribution in [3.63, 3.8) is 0 Å². The van der Waals surface area contributed by atoms with Crippen LogP contribution < -0.4 is 0 Å². The Morgan fingerprint density at radius 3 is 2.86 bits per heavy atom. The zero-order valence-corrected chi connectivity index (χ0v) is 12.6. The van der Waals surface area contributed by atoms with Gasteiger partial charge in [0.15, 0.2) is 0 Å². The first kappa shape index (κ1) is 11.8. The lowest BCUT2D eigenvalue weighted by Gasteiger charge is -2.25. The summed E-state index contributed by atoms with van der Waals surface area (Å²) in [5.74, 6) is 1.11. The Labute approximate surface area is 129 Å². The number of hydrogen-bond donors (Lipinski definition) is 0. The molecule has 2 atom stereocenters. The fourth-order valence-electron chi connectivity index (χ4n) is 3.90. The van der Waals surface area contributed by atoms with Crippen LogP contribution in [0.3, 0.4) is 0 Å². The minimum atomic E-state index is 0.553. The quantitative estimate of drug-likeness (QED) is 0.611. The van der Waals surface area contributed by atoms with Crippen molar-refractivity contribution >= 4 is 17.4 Å². The maximum atomic E-state index is 2.39. The van der Waals surface area contributed by atoms with Crippen LogP contribution in [0.5, 0.6) is 0 Å². The van der Waals surface area contributed by atoms with Crippen molar-refractivity contribution in [2.75, 3.05) is 0 Å². The van der Waals surface area contributed by atoms with Gasteiger partial charge in [-0.25, -0.2) is 0 Å². The SMILES string of the molecule is C1=CC2C=Cc3c(sc4c3-c3ccccc3CC4)C2C=C1. The molecule has 1 aromatic carbocycles. The van der Waals surface area contributed by atoms with Gasteiger partial charge in [0.05, 0.1) is 0 Å². The molecule has 5 rings (SSSR count). The Hall–Kier alpha value is -1.86. The highest BCUT2D eigenvalue weighted by molar-refractivity contribution is 7.13. The van der Waals surface area contributed by atoms with E-state index in [0.29, 0.717) is 11.8 Å². The van der Waals surface area contributed by atoms with Crippen LogP contribution in [-0.4, -0.2) is 0 Å². The topological polar surface area (TPSA) is 0 Å². The molecule has 0 amide bonds. The average Bonchev–Trinajstić information content (AvgIpc) is 2.94. The number of allylic oxidation sites excluding steroid dienone is 5. The van der Waals surface area contributed by atoms with Gasteiger partial charge >= 0.3 is 0 Å². The van der Waals surface area contributed by atoms with Gasteiger partial charge in [-0.1, -0.05) is 60.7 Å². The zero-order valence-electron chi connectivity index (χ0n) is 11.8. The van der Waals surface area contributed by atoms with Gasteiger partial charge in [-0.2, -0.15) is 0 Å². The van der Waals surface area contributed by atoms with Crippen molar-refractivity contribution < 1.29 is 0 Å². The van der Waals surface area contributed by atoms with Crippen LogP contribution in [0.15, 0.2) is 54.6 Å². The van der Waals surface area contributed by atoms with E-state index in [1.54, 1.807) is 9.75 Å². The van der Waals surface area contributed by atoms with Crippen molar-refractivity contribution in [3.8, 4) is 11.1 Å². The maximum Gasteiger partial charge on any atom is 0.0219 e. The Kier molecular flexibility index (Phi) is 2.42. The summed E-state index contributed by atoms with van der Waals surface area (Å²) < 4.78 is 0. The van der Waals surface area contributed by atoms with Crippen molar-refractivity contribution in [1.29, 1.82) is 0 Å². The van der Waals surface area contributed by atoms with Crippen molar-refractivity contribution in [3.05, 3.63) is 75.5 Å². The van der Waals surface area contributed by atoms with E-state index < -0.39 is 0 Å². The van der Waals surface area contributed by atoms with Crippen LogP contribution in [0.4, 0.5) is 0 Å². The molecular weight excluding hydrogens is 272 g/mol. The minimum Gasteiger partial charge on any atom is -0.143 e. The number of benzene rings is 1. The highest BCUT2D eigenvalue weighted by Crippen LogP contribution is 2.50. The van der Waals surface area contributed by atoms with E-state index in [9.17, 15) is 0 Å². The molecule has 3 aliphatic carbocycles. The van der Waals surface area contributed by atoms with Crippen LogP contribution in [0.2, 0.25) is 0 Å². The van der Waals surface area contributed by atoms with Crippen LogP contribution in [0.1, 0.15) is 26.8 Å². The Balaban J connectivity index is 1.76. The number of hydrogen-bond acceptors (Lipinski definition) is 1. The number of aryl methyl sites for hydroxylation is 2. The second-order valence-corrected chi connectivity index (χ2v) is 7.20. The van der Waals surface area contributed by atoms with Crippen LogP contribution >= 0.6 is 11.3 Å². The second-order valence-electron chi connectivity index (χ2n) is 6.07. The molecule has 3 aliphatic rings. The molecule has 2 aromatic rings. The van der Waals surface area contributed by atoms with Crippen LogP contribution in [-0.2, 0) is 12.8 Å². The average molecular weight is 288 g/mol. The van der Waals surface area contributed by atoms with E-state index in [-0.39, 0.29) is 0 Å². The van der Waals surface area contributed by atoms with Gasteiger partial charge in [0.2, 0.25) is 0 Å². The normalized spacial score (nSPS) is 24.2. The first-order chi connectivity index (χ1) is 10.4. The molecule has 0 bridgehead atoms. The number of thiophene rings is 1. The van der Waals surface area contributed by atoms with Gasteiger partial charge in [0.1, 0.15) is 0 Å². The molecule has 21 heavy (non-hydrogen) atoms. The van der Waals surface area contributed by atoms with Gasteiger partial charge in [0.25, 0.3) is 0 Å². The second kappa shape index (κ2) is 4.32. The highest BCUT2D eigenvalue weighted by atomic mass is 32.1. The summed E-state index contributed by atoms with van der Waals surface area (Å²) >= 11 is 2.05. The molecule has 0 saturated carbocycles. The summed E-state index contributed by atoms with van der Waals surface area (Å²) in [4.78, 5) is 3.16. The van der Waals surface area contributed by atoms with Crippen molar-refractivity contribution in [2.24, 2.45) is 5.92 Å². The molecular formula is C20H16S. The molecule has 0 N–H and O–H groups in total. The highest BCUT2D eigenvalue weighted by Gasteiger charge is 2.31. The third-order valence-electron chi connectivity index (χ3n) is 4.92. The molecule has 1 aromatic heterocycles. The van der Waals surface area contributed by atoms with E-state index >= 15 is 0 Å². The zero-order chi connectivity index (χ0) is 13.8. The molecule has 2 unspecified atom stereocenters. The Bertz CT molecular complexity index is 816. The molecule has 0 nitrogen and oxygen atoms in total. The summed E-state index contributed by atoms with van der Waals surface area (Å²) in [5.41, 5.74) is 5.99. The van der Waals surface area contributed by atoms with E-state index in [1.165, 1.54) is 35.1 Å². The molecule has 1 heteroatoms. The van der Waals surface area contributed by atoms with Gasteiger partial charge in [-0.3, -0.25) is 0 Å². The number of rotatable bonds is 0. The van der Waals surface area contributed by atoms with Gasteiger partial charge in [-0.05, 0) is 29.5 Å². The lowest BCUT2D eigenvalue weighted by Crippen LogP contribution is -2.11. The van der Waals surface area contributed by atoms with Gasteiger partial charge in [0, 0.05) is 27.2 Å². The van der Waals surface area contributed by atoms with Crippen molar-refractivity contribution in [1.82, 2.24) is 0 Å². The lowest BCUT2D eigenvalue weighted by atomic mass is 9.79. The lowest BCUT2D eigenvalue weighted by molar-refractivity contribution is 0.705. The summed E-state index contributed by atoms with van der Waals surface area (Å²) in [7, 11) is 0. The molecule has 0 radical (unpaired) electrons. The fraction of sp³-hybridized carbons (Fsp3) is 0.200.